The van der Waals surface area contributed by atoms with Crippen molar-refractivity contribution in [2.45, 2.75) is 13.2 Å². The van der Waals surface area contributed by atoms with E-state index in [1.807, 2.05) is 42.5 Å². The molecule has 0 fully saturated rings. The SMILES string of the molecule is COc1cc(C(=O)NN=Cc2cccc3ccccc23)cc(CO)c1CO. The van der Waals surface area contributed by atoms with Crippen molar-refractivity contribution >= 4 is 22.9 Å². The molecule has 0 radical (unpaired) electrons. The molecule has 0 aliphatic carbocycles. The molecule has 0 unspecified atom stereocenters. The predicted molar refractivity (Wildman–Crippen MR) is 104 cm³/mol. The third-order valence-corrected chi connectivity index (χ3v) is 4.31. The summed E-state index contributed by atoms with van der Waals surface area (Å²) >= 11 is 0. The van der Waals surface area contributed by atoms with Crippen LogP contribution in [0.2, 0.25) is 0 Å². The second-order valence-electron chi connectivity index (χ2n) is 5.90. The Labute approximate surface area is 156 Å². The minimum atomic E-state index is -0.441. The van der Waals surface area contributed by atoms with Crippen molar-refractivity contribution in [3.63, 3.8) is 0 Å². The molecular weight excluding hydrogens is 344 g/mol. The Bertz CT molecular complexity index is 968. The van der Waals surface area contributed by atoms with E-state index in [2.05, 4.69) is 10.5 Å². The van der Waals surface area contributed by atoms with Crippen molar-refractivity contribution in [1.29, 1.82) is 0 Å². The van der Waals surface area contributed by atoms with Crippen LogP contribution in [0.4, 0.5) is 0 Å². The van der Waals surface area contributed by atoms with E-state index in [4.69, 9.17) is 4.74 Å². The van der Waals surface area contributed by atoms with Crippen molar-refractivity contribution < 1.29 is 19.7 Å². The fraction of sp³-hybridized carbons (Fsp3) is 0.143. The van der Waals surface area contributed by atoms with E-state index in [-0.39, 0.29) is 18.8 Å². The van der Waals surface area contributed by atoms with E-state index in [1.54, 1.807) is 6.21 Å². The maximum atomic E-state index is 12.4. The number of aliphatic hydroxyl groups excluding tert-OH is 2. The molecule has 138 valence electrons. The monoisotopic (exact) mass is 364 g/mol. The van der Waals surface area contributed by atoms with Gasteiger partial charge in [0.1, 0.15) is 5.75 Å². The van der Waals surface area contributed by atoms with Gasteiger partial charge in [-0.05, 0) is 28.5 Å². The van der Waals surface area contributed by atoms with Crippen LogP contribution in [0.3, 0.4) is 0 Å². The van der Waals surface area contributed by atoms with Crippen LogP contribution in [-0.2, 0) is 13.2 Å². The summed E-state index contributed by atoms with van der Waals surface area (Å²) in [5, 5.41) is 25.1. The number of hydrazone groups is 1. The highest BCUT2D eigenvalue weighted by atomic mass is 16.5. The Morgan fingerprint density at radius 1 is 1.11 bits per heavy atom. The summed E-state index contributed by atoms with van der Waals surface area (Å²) < 4.78 is 5.20. The van der Waals surface area contributed by atoms with Crippen molar-refractivity contribution in [3.05, 3.63) is 76.9 Å². The normalized spacial score (nSPS) is 11.1. The zero-order valence-electron chi connectivity index (χ0n) is 14.8. The average molecular weight is 364 g/mol. The van der Waals surface area contributed by atoms with Crippen molar-refractivity contribution in [1.82, 2.24) is 5.43 Å². The summed E-state index contributed by atoms with van der Waals surface area (Å²) in [7, 11) is 1.44. The number of amides is 1. The Hall–Kier alpha value is -3.22. The molecule has 0 saturated carbocycles. The molecule has 0 aliphatic rings. The lowest BCUT2D eigenvalue weighted by molar-refractivity contribution is 0.0954. The van der Waals surface area contributed by atoms with Gasteiger partial charge in [-0.25, -0.2) is 5.43 Å². The van der Waals surface area contributed by atoms with Crippen molar-refractivity contribution in [2.75, 3.05) is 7.11 Å². The number of nitrogens with one attached hydrogen (secondary N) is 1. The topological polar surface area (TPSA) is 91.2 Å². The summed E-state index contributed by atoms with van der Waals surface area (Å²) in [5.74, 6) is -0.101. The van der Waals surface area contributed by atoms with Crippen LogP contribution in [0.5, 0.6) is 5.75 Å². The first-order chi connectivity index (χ1) is 13.2. The Morgan fingerprint density at radius 3 is 2.63 bits per heavy atom. The second-order valence-corrected chi connectivity index (χ2v) is 5.90. The third-order valence-electron chi connectivity index (χ3n) is 4.31. The van der Waals surface area contributed by atoms with Gasteiger partial charge in [0.15, 0.2) is 0 Å². The molecule has 3 N–H and O–H groups in total. The van der Waals surface area contributed by atoms with E-state index in [0.29, 0.717) is 16.9 Å². The number of methoxy groups -OCH3 is 1. The van der Waals surface area contributed by atoms with Gasteiger partial charge in [-0.3, -0.25) is 4.79 Å². The predicted octanol–water partition coefficient (Wildman–Crippen LogP) is 2.60. The molecule has 27 heavy (non-hydrogen) atoms. The van der Waals surface area contributed by atoms with Gasteiger partial charge >= 0.3 is 0 Å². The molecule has 0 heterocycles. The lowest BCUT2D eigenvalue weighted by atomic mass is 10.0. The van der Waals surface area contributed by atoms with Gasteiger partial charge in [0.25, 0.3) is 5.91 Å². The first kappa shape index (κ1) is 18.6. The number of ether oxygens (including phenoxy) is 1. The fourth-order valence-electron chi connectivity index (χ4n) is 2.92. The molecule has 6 nitrogen and oxygen atoms in total. The molecule has 1 amide bonds. The van der Waals surface area contributed by atoms with Gasteiger partial charge in [-0.1, -0.05) is 42.5 Å². The van der Waals surface area contributed by atoms with Crippen LogP contribution in [-0.4, -0.2) is 29.4 Å². The Kier molecular flexibility index (Phi) is 5.80. The lowest BCUT2D eigenvalue weighted by Crippen LogP contribution is -2.18. The third kappa shape index (κ3) is 3.97. The first-order valence-electron chi connectivity index (χ1n) is 8.40. The Morgan fingerprint density at radius 2 is 1.89 bits per heavy atom. The van der Waals surface area contributed by atoms with Gasteiger partial charge in [-0.2, -0.15) is 5.10 Å². The number of rotatable bonds is 6. The van der Waals surface area contributed by atoms with E-state index in [0.717, 1.165) is 16.3 Å². The molecule has 0 atom stereocenters. The maximum absolute atomic E-state index is 12.4. The van der Waals surface area contributed by atoms with Crippen molar-refractivity contribution in [3.8, 4) is 5.75 Å². The molecule has 3 aromatic rings. The van der Waals surface area contributed by atoms with Crippen LogP contribution in [0.25, 0.3) is 10.8 Å². The Balaban J connectivity index is 1.82. The second kappa shape index (κ2) is 8.44. The van der Waals surface area contributed by atoms with Crippen molar-refractivity contribution in [2.24, 2.45) is 5.10 Å². The van der Waals surface area contributed by atoms with E-state index < -0.39 is 5.91 Å². The molecule has 3 aromatic carbocycles. The highest BCUT2D eigenvalue weighted by Crippen LogP contribution is 2.25. The van der Waals surface area contributed by atoms with Gasteiger partial charge < -0.3 is 14.9 Å². The molecule has 0 aromatic heterocycles. The maximum Gasteiger partial charge on any atom is 0.271 e. The minimum Gasteiger partial charge on any atom is -0.496 e. The number of hydrogen-bond donors (Lipinski definition) is 3. The lowest BCUT2D eigenvalue weighted by Gasteiger charge is -2.12. The minimum absolute atomic E-state index is 0.281. The molecular formula is C21H20N2O4. The molecule has 6 heteroatoms. The van der Waals surface area contributed by atoms with E-state index in [1.165, 1.54) is 19.2 Å². The first-order valence-corrected chi connectivity index (χ1v) is 8.40. The molecule has 0 aliphatic heterocycles. The highest BCUT2D eigenvalue weighted by molar-refractivity contribution is 6.00. The summed E-state index contributed by atoms with van der Waals surface area (Å²) in [6.45, 7) is -0.604. The quantitative estimate of drug-likeness (QED) is 0.463. The number of carbonyl (C=O) groups excluding carboxylic acids is 1. The van der Waals surface area contributed by atoms with Gasteiger partial charge in [-0.15, -0.1) is 0 Å². The van der Waals surface area contributed by atoms with Gasteiger partial charge in [0.2, 0.25) is 0 Å². The highest BCUT2D eigenvalue weighted by Gasteiger charge is 2.14. The zero-order chi connectivity index (χ0) is 19.2. The molecule has 0 spiro atoms. The number of aliphatic hydroxyl groups is 2. The smallest absolute Gasteiger partial charge is 0.271 e. The summed E-state index contributed by atoms with van der Waals surface area (Å²) in [6.07, 6.45) is 1.59. The van der Waals surface area contributed by atoms with Crippen LogP contribution >= 0.6 is 0 Å². The number of fused-ring (bicyclic) bond motifs is 1. The largest absolute Gasteiger partial charge is 0.496 e. The summed E-state index contributed by atoms with van der Waals surface area (Å²) in [4.78, 5) is 12.4. The number of carbonyl (C=O) groups is 1. The average Bonchev–Trinajstić information content (AvgIpc) is 2.72. The van der Waals surface area contributed by atoms with Crippen LogP contribution in [0.1, 0.15) is 27.0 Å². The van der Waals surface area contributed by atoms with Gasteiger partial charge in [0, 0.05) is 16.7 Å². The van der Waals surface area contributed by atoms with Crippen LogP contribution in [0, 0.1) is 0 Å². The molecule has 0 saturated heterocycles. The molecule has 3 rings (SSSR count). The van der Waals surface area contributed by atoms with E-state index in [9.17, 15) is 15.0 Å². The number of hydrogen-bond acceptors (Lipinski definition) is 5. The van der Waals surface area contributed by atoms with Crippen LogP contribution in [0.15, 0.2) is 59.7 Å². The summed E-state index contributed by atoms with van der Waals surface area (Å²) in [6, 6.07) is 16.8. The van der Waals surface area contributed by atoms with Gasteiger partial charge in [0.05, 0.1) is 26.5 Å². The summed E-state index contributed by atoms with van der Waals surface area (Å²) in [5.41, 5.74) is 4.54. The van der Waals surface area contributed by atoms with E-state index >= 15 is 0 Å². The zero-order valence-corrected chi connectivity index (χ0v) is 14.8. The number of benzene rings is 3. The molecule has 0 bridgehead atoms. The number of nitrogens with zero attached hydrogens (tertiary/aromatic N) is 1. The van der Waals surface area contributed by atoms with Crippen LogP contribution < -0.4 is 10.2 Å². The standard InChI is InChI=1S/C21H20N2O4/c1-27-20-10-16(9-17(12-24)19(20)13-25)21(26)23-22-11-15-7-4-6-14-5-2-3-8-18(14)15/h2-11,24-25H,12-13H2,1H3,(H,23,26). The fourth-order valence-corrected chi connectivity index (χ4v) is 2.92.